The summed E-state index contributed by atoms with van der Waals surface area (Å²) in [5.41, 5.74) is 2.13. The van der Waals surface area contributed by atoms with Gasteiger partial charge in [-0.1, -0.05) is 12.1 Å². The summed E-state index contributed by atoms with van der Waals surface area (Å²) in [5.74, 6) is -1.35. The first-order valence-electron chi connectivity index (χ1n) is 9.67. The second-order valence-electron chi connectivity index (χ2n) is 7.78. The Labute approximate surface area is 158 Å². The van der Waals surface area contributed by atoms with Gasteiger partial charge in [-0.2, -0.15) is 0 Å². The number of carbonyl (C=O) groups is 3. The van der Waals surface area contributed by atoms with Crippen LogP contribution in [0.5, 0.6) is 0 Å². The summed E-state index contributed by atoms with van der Waals surface area (Å²) in [6, 6.07) is 9.14. The number of carbonyl (C=O) groups excluding carboxylic acids is 2. The van der Waals surface area contributed by atoms with Crippen LogP contribution in [0.3, 0.4) is 0 Å². The molecule has 1 aromatic rings. The zero-order valence-corrected chi connectivity index (χ0v) is 15.3. The van der Waals surface area contributed by atoms with Crippen molar-refractivity contribution in [3.05, 3.63) is 29.8 Å². The molecule has 7 heteroatoms. The van der Waals surface area contributed by atoms with Gasteiger partial charge in [0.2, 0.25) is 11.8 Å². The van der Waals surface area contributed by atoms with E-state index >= 15 is 0 Å². The number of nitrogens with one attached hydrogen (secondary N) is 1. The zero-order chi connectivity index (χ0) is 19.0. The lowest BCUT2D eigenvalue weighted by atomic mass is 9.90. The lowest BCUT2D eigenvalue weighted by Crippen LogP contribution is -2.46. The molecule has 3 unspecified atom stereocenters. The van der Waals surface area contributed by atoms with Crippen molar-refractivity contribution in [2.24, 2.45) is 0 Å². The molecule has 3 atom stereocenters. The fraction of sp³-hybridized carbons (Fsp3) is 0.550. The van der Waals surface area contributed by atoms with Crippen LogP contribution in [-0.2, 0) is 14.4 Å². The van der Waals surface area contributed by atoms with E-state index in [0.717, 1.165) is 31.6 Å². The minimum absolute atomic E-state index is 0.186. The van der Waals surface area contributed by atoms with Crippen LogP contribution < -0.4 is 10.2 Å². The van der Waals surface area contributed by atoms with E-state index in [1.54, 1.807) is 0 Å². The Morgan fingerprint density at radius 1 is 1.15 bits per heavy atom. The topological polar surface area (TPSA) is 89.9 Å². The van der Waals surface area contributed by atoms with Crippen molar-refractivity contribution in [2.75, 3.05) is 24.5 Å². The summed E-state index contributed by atoms with van der Waals surface area (Å²) in [6.07, 6.45) is 3.04. The molecular formula is C20H25N3O4. The standard InChI is InChI=1S/C20H25N3O4/c24-18-8-7-17(20(27)21-18)13-3-5-14(6-4-13)23-12-15-10-16(23)11-22(15)9-1-2-19(25)26/h3-6,15-17H,1-2,7-12H2,(H,25,26)(H,21,24,27). The number of piperidine rings is 1. The first-order chi connectivity index (χ1) is 13.0. The molecule has 144 valence electrons. The maximum Gasteiger partial charge on any atom is 0.303 e. The third kappa shape index (κ3) is 3.69. The molecule has 3 aliphatic heterocycles. The van der Waals surface area contributed by atoms with Crippen molar-refractivity contribution in [1.82, 2.24) is 10.2 Å². The minimum Gasteiger partial charge on any atom is -0.481 e. The average Bonchev–Trinajstić information content (AvgIpc) is 3.22. The predicted molar refractivity (Wildman–Crippen MR) is 99.5 cm³/mol. The molecule has 0 spiro atoms. The number of likely N-dealkylation sites (tertiary alicyclic amines) is 1. The Kier molecular flexibility index (Phi) is 4.86. The van der Waals surface area contributed by atoms with E-state index in [1.807, 2.05) is 12.1 Å². The van der Waals surface area contributed by atoms with Crippen LogP contribution in [0.4, 0.5) is 5.69 Å². The Bertz CT molecular complexity index is 748. The quantitative estimate of drug-likeness (QED) is 0.734. The van der Waals surface area contributed by atoms with E-state index in [1.165, 1.54) is 5.69 Å². The van der Waals surface area contributed by atoms with Gasteiger partial charge in [-0.25, -0.2) is 0 Å². The van der Waals surface area contributed by atoms with Gasteiger partial charge in [0.25, 0.3) is 0 Å². The second-order valence-corrected chi connectivity index (χ2v) is 7.78. The van der Waals surface area contributed by atoms with Crippen molar-refractivity contribution in [3.63, 3.8) is 0 Å². The fourth-order valence-electron chi connectivity index (χ4n) is 4.68. The highest BCUT2D eigenvalue weighted by atomic mass is 16.4. The Hall–Kier alpha value is -2.41. The molecule has 2 bridgehead atoms. The molecule has 1 aromatic carbocycles. The number of piperazine rings is 1. The molecular weight excluding hydrogens is 346 g/mol. The number of nitrogens with zero attached hydrogens (tertiary/aromatic N) is 2. The largest absolute Gasteiger partial charge is 0.481 e. The number of amides is 2. The van der Waals surface area contributed by atoms with Crippen LogP contribution in [0.1, 0.15) is 43.6 Å². The van der Waals surface area contributed by atoms with Crippen molar-refractivity contribution in [3.8, 4) is 0 Å². The normalized spacial score (nSPS) is 27.9. The summed E-state index contributed by atoms with van der Waals surface area (Å²) in [4.78, 5) is 38.9. The molecule has 4 rings (SSSR count). The highest BCUT2D eigenvalue weighted by molar-refractivity contribution is 6.00. The van der Waals surface area contributed by atoms with E-state index in [9.17, 15) is 14.4 Å². The monoisotopic (exact) mass is 371 g/mol. The Morgan fingerprint density at radius 3 is 2.56 bits per heavy atom. The third-order valence-corrected chi connectivity index (χ3v) is 6.06. The van der Waals surface area contributed by atoms with Gasteiger partial charge in [0, 0.05) is 43.7 Å². The number of benzene rings is 1. The number of imide groups is 1. The Balaban J connectivity index is 1.35. The van der Waals surface area contributed by atoms with Crippen LogP contribution in [-0.4, -0.2) is 59.5 Å². The van der Waals surface area contributed by atoms with Gasteiger partial charge in [-0.05, 0) is 43.5 Å². The highest BCUT2D eigenvalue weighted by Gasteiger charge is 2.42. The first-order valence-corrected chi connectivity index (χ1v) is 9.67. The highest BCUT2D eigenvalue weighted by Crippen LogP contribution is 2.35. The number of fused-ring (bicyclic) bond motifs is 2. The van der Waals surface area contributed by atoms with Gasteiger partial charge in [0.05, 0.1) is 5.92 Å². The number of hydrogen-bond donors (Lipinski definition) is 2. The van der Waals surface area contributed by atoms with Gasteiger partial charge in [0.1, 0.15) is 0 Å². The van der Waals surface area contributed by atoms with Gasteiger partial charge in [0.15, 0.2) is 0 Å². The lowest BCUT2D eigenvalue weighted by Gasteiger charge is -2.35. The summed E-state index contributed by atoms with van der Waals surface area (Å²) in [7, 11) is 0. The molecule has 3 saturated heterocycles. The van der Waals surface area contributed by atoms with Crippen LogP contribution in [0.2, 0.25) is 0 Å². The van der Waals surface area contributed by atoms with Crippen molar-refractivity contribution in [1.29, 1.82) is 0 Å². The predicted octanol–water partition coefficient (Wildman–Crippen LogP) is 1.33. The van der Waals surface area contributed by atoms with Crippen molar-refractivity contribution in [2.45, 2.75) is 50.1 Å². The van der Waals surface area contributed by atoms with Crippen LogP contribution in [0.15, 0.2) is 24.3 Å². The maximum absolute atomic E-state index is 12.0. The molecule has 7 nitrogen and oxygen atoms in total. The second kappa shape index (κ2) is 7.31. The van der Waals surface area contributed by atoms with Crippen molar-refractivity contribution >= 4 is 23.5 Å². The molecule has 3 fully saturated rings. The molecule has 2 amide bonds. The zero-order valence-electron chi connectivity index (χ0n) is 15.3. The summed E-state index contributed by atoms with van der Waals surface area (Å²) >= 11 is 0. The number of hydrogen-bond acceptors (Lipinski definition) is 5. The van der Waals surface area contributed by atoms with E-state index < -0.39 is 5.97 Å². The van der Waals surface area contributed by atoms with Gasteiger partial charge in [-0.15, -0.1) is 0 Å². The first kappa shape index (κ1) is 18.0. The van der Waals surface area contributed by atoms with E-state index in [-0.39, 0.29) is 24.2 Å². The molecule has 3 heterocycles. The Morgan fingerprint density at radius 2 is 1.93 bits per heavy atom. The van der Waals surface area contributed by atoms with Crippen molar-refractivity contribution < 1.29 is 19.5 Å². The summed E-state index contributed by atoms with van der Waals surface area (Å²) in [6.45, 7) is 2.81. The minimum atomic E-state index is -0.725. The van der Waals surface area contributed by atoms with E-state index in [0.29, 0.717) is 31.3 Å². The number of carboxylic acids is 1. The smallest absolute Gasteiger partial charge is 0.303 e. The van der Waals surface area contributed by atoms with Crippen LogP contribution in [0, 0.1) is 0 Å². The third-order valence-electron chi connectivity index (χ3n) is 6.06. The molecule has 0 aromatic heterocycles. The molecule has 0 saturated carbocycles. The average molecular weight is 371 g/mol. The number of carboxylic acid groups (broad SMARTS) is 1. The summed E-state index contributed by atoms with van der Waals surface area (Å²) < 4.78 is 0. The van der Waals surface area contributed by atoms with Gasteiger partial charge < -0.3 is 10.0 Å². The lowest BCUT2D eigenvalue weighted by molar-refractivity contribution is -0.137. The molecule has 2 N–H and O–H groups in total. The molecule has 0 aliphatic carbocycles. The fourth-order valence-corrected chi connectivity index (χ4v) is 4.68. The van der Waals surface area contributed by atoms with Gasteiger partial charge in [-0.3, -0.25) is 24.6 Å². The summed E-state index contributed by atoms with van der Waals surface area (Å²) in [5, 5.41) is 11.2. The number of aliphatic carboxylic acids is 1. The number of anilines is 1. The molecule has 27 heavy (non-hydrogen) atoms. The van der Waals surface area contributed by atoms with Crippen LogP contribution >= 0.6 is 0 Å². The van der Waals surface area contributed by atoms with E-state index in [4.69, 9.17) is 5.11 Å². The maximum atomic E-state index is 12.0. The molecule has 3 aliphatic rings. The molecule has 0 radical (unpaired) electrons. The van der Waals surface area contributed by atoms with Gasteiger partial charge >= 0.3 is 5.97 Å². The number of rotatable bonds is 6. The van der Waals surface area contributed by atoms with E-state index in [2.05, 4.69) is 27.2 Å². The SMILES string of the molecule is O=C(O)CCCN1CC2CC1CN2c1ccc(C2CCC(=O)NC2=O)cc1. The van der Waals surface area contributed by atoms with Crippen LogP contribution in [0.25, 0.3) is 0 Å².